The van der Waals surface area contributed by atoms with E-state index in [1.54, 1.807) is 18.4 Å². The van der Waals surface area contributed by atoms with E-state index in [2.05, 4.69) is 33.0 Å². The normalized spacial score (nSPS) is 16.2. The standard InChI is InChI=1S/C20H22N4O2S3/c1-26-15-8-6-14(7-9-15)12-21-19-22-23-20(29-19)28-13-18(25)24-10-2-4-16(24)17-5-3-11-27-17/h3,5-9,11,16H,2,4,10,12-13H2,1H3,(H,21,22)/t16-/m0/s1. The van der Waals surface area contributed by atoms with Gasteiger partial charge in [-0.2, -0.15) is 0 Å². The zero-order chi connectivity index (χ0) is 20.1. The molecule has 0 saturated carbocycles. The Balaban J connectivity index is 1.27. The van der Waals surface area contributed by atoms with Crippen molar-refractivity contribution < 1.29 is 9.53 Å². The highest BCUT2D eigenvalue weighted by atomic mass is 32.2. The van der Waals surface area contributed by atoms with Crippen molar-refractivity contribution in [3.05, 3.63) is 52.2 Å². The molecule has 3 aromatic rings. The zero-order valence-electron chi connectivity index (χ0n) is 16.0. The van der Waals surface area contributed by atoms with Crippen molar-refractivity contribution in [1.82, 2.24) is 15.1 Å². The van der Waals surface area contributed by atoms with Crippen LogP contribution in [-0.2, 0) is 11.3 Å². The summed E-state index contributed by atoms with van der Waals surface area (Å²) in [5.74, 6) is 1.41. The number of amides is 1. The van der Waals surface area contributed by atoms with Gasteiger partial charge in [-0.05, 0) is 42.0 Å². The summed E-state index contributed by atoms with van der Waals surface area (Å²) < 4.78 is 5.98. The zero-order valence-corrected chi connectivity index (χ0v) is 18.5. The van der Waals surface area contributed by atoms with Gasteiger partial charge in [0.05, 0.1) is 18.9 Å². The van der Waals surface area contributed by atoms with Gasteiger partial charge in [-0.1, -0.05) is 41.3 Å². The molecule has 0 aliphatic carbocycles. The Kier molecular flexibility index (Phi) is 6.68. The molecule has 1 aliphatic heterocycles. The maximum Gasteiger partial charge on any atom is 0.233 e. The van der Waals surface area contributed by atoms with Crippen molar-refractivity contribution in [3.8, 4) is 5.75 Å². The summed E-state index contributed by atoms with van der Waals surface area (Å²) in [6, 6.07) is 12.3. The van der Waals surface area contributed by atoms with Crippen molar-refractivity contribution in [3.63, 3.8) is 0 Å². The highest BCUT2D eigenvalue weighted by Gasteiger charge is 2.30. The number of thiophene rings is 1. The topological polar surface area (TPSA) is 67.3 Å². The number of carbonyl (C=O) groups excluding carboxylic acids is 1. The van der Waals surface area contributed by atoms with E-state index in [-0.39, 0.29) is 11.9 Å². The van der Waals surface area contributed by atoms with Crippen molar-refractivity contribution >= 4 is 45.5 Å². The number of methoxy groups -OCH3 is 1. The first-order valence-corrected chi connectivity index (χ1v) is 12.1. The highest BCUT2D eigenvalue weighted by Crippen LogP contribution is 2.35. The molecule has 1 atom stereocenters. The van der Waals surface area contributed by atoms with Crippen LogP contribution in [-0.4, -0.2) is 40.4 Å². The first-order chi connectivity index (χ1) is 14.2. The second kappa shape index (κ2) is 9.60. The van der Waals surface area contributed by atoms with E-state index in [0.717, 1.165) is 40.2 Å². The Morgan fingerprint density at radius 2 is 2.17 bits per heavy atom. The predicted octanol–water partition coefficient (Wildman–Crippen LogP) is 4.68. The van der Waals surface area contributed by atoms with Crippen LogP contribution in [0.15, 0.2) is 46.1 Å². The van der Waals surface area contributed by atoms with Crippen LogP contribution >= 0.6 is 34.4 Å². The van der Waals surface area contributed by atoms with Gasteiger partial charge in [-0.15, -0.1) is 21.5 Å². The minimum atomic E-state index is 0.175. The predicted molar refractivity (Wildman–Crippen MR) is 119 cm³/mol. The van der Waals surface area contributed by atoms with Gasteiger partial charge < -0.3 is 15.0 Å². The molecule has 2 aromatic heterocycles. The first kappa shape index (κ1) is 20.2. The van der Waals surface area contributed by atoms with Crippen LogP contribution in [0.25, 0.3) is 0 Å². The maximum absolute atomic E-state index is 12.7. The molecule has 1 saturated heterocycles. The number of benzene rings is 1. The van der Waals surface area contributed by atoms with Crippen LogP contribution < -0.4 is 10.1 Å². The van der Waals surface area contributed by atoms with Crippen LogP contribution in [0.1, 0.15) is 29.3 Å². The van der Waals surface area contributed by atoms with Crippen LogP contribution in [0.2, 0.25) is 0 Å². The van der Waals surface area contributed by atoms with Gasteiger partial charge in [-0.3, -0.25) is 4.79 Å². The fourth-order valence-corrected chi connectivity index (χ4v) is 5.82. The Hall–Kier alpha value is -2.10. The molecule has 29 heavy (non-hydrogen) atoms. The lowest BCUT2D eigenvalue weighted by molar-refractivity contribution is -0.129. The molecule has 9 heteroatoms. The number of hydrogen-bond donors (Lipinski definition) is 1. The van der Waals surface area contributed by atoms with E-state index in [0.29, 0.717) is 12.3 Å². The van der Waals surface area contributed by atoms with Crippen molar-refractivity contribution in [2.75, 3.05) is 24.7 Å². The summed E-state index contributed by atoms with van der Waals surface area (Å²) in [5, 5.41) is 14.5. The summed E-state index contributed by atoms with van der Waals surface area (Å²) in [6.07, 6.45) is 2.12. The molecule has 1 fully saturated rings. The van der Waals surface area contributed by atoms with E-state index in [1.165, 1.54) is 28.0 Å². The number of nitrogens with zero attached hydrogens (tertiary/aromatic N) is 3. The van der Waals surface area contributed by atoms with Crippen LogP contribution in [0, 0.1) is 0 Å². The summed E-state index contributed by atoms with van der Waals surface area (Å²) in [7, 11) is 1.66. The third-order valence-corrected chi connectivity index (χ3v) is 7.75. The lowest BCUT2D eigenvalue weighted by Gasteiger charge is -2.23. The second-order valence-corrected chi connectivity index (χ2v) is 9.80. The monoisotopic (exact) mass is 446 g/mol. The van der Waals surface area contributed by atoms with E-state index in [4.69, 9.17) is 4.74 Å². The number of thioether (sulfide) groups is 1. The van der Waals surface area contributed by atoms with Crippen molar-refractivity contribution in [2.45, 2.75) is 29.8 Å². The third kappa shape index (κ3) is 5.09. The summed E-state index contributed by atoms with van der Waals surface area (Å²) in [6.45, 7) is 1.51. The molecule has 3 heterocycles. The van der Waals surface area contributed by atoms with Gasteiger partial charge in [0.25, 0.3) is 0 Å². The Labute approximate surface area is 182 Å². The summed E-state index contributed by atoms with van der Waals surface area (Å²) >= 11 is 4.67. The number of hydrogen-bond acceptors (Lipinski definition) is 8. The largest absolute Gasteiger partial charge is 0.497 e. The molecular formula is C20H22N4O2S3. The molecule has 0 spiro atoms. The molecule has 0 radical (unpaired) electrons. The fourth-order valence-electron chi connectivity index (χ4n) is 3.31. The third-order valence-electron chi connectivity index (χ3n) is 4.77. The van der Waals surface area contributed by atoms with E-state index >= 15 is 0 Å². The molecule has 0 unspecified atom stereocenters. The minimum Gasteiger partial charge on any atom is -0.497 e. The Morgan fingerprint density at radius 1 is 1.31 bits per heavy atom. The SMILES string of the molecule is COc1ccc(CNc2nnc(SCC(=O)N3CCC[C@H]3c3cccs3)s2)cc1. The van der Waals surface area contributed by atoms with Crippen LogP contribution in [0.3, 0.4) is 0 Å². The van der Waals surface area contributed by atoms with Gasteiger partial charge in [0, 0.05) is 18.0 Å². The number of nitrogens with one attached hydrogen (secondary N) is 1. The summed E-state index contributed by atoms with van der Waals surface area (Å²) in [4.78, 5) is 16.0. The van der Waals surface area contributed by atoms with Gasteiger partial charge in [0.15, 0.2) is 4.34 Å². The molecule has 1 aromatic carbocycles. The average molecular weight is 447 g/mol. The fraction of sp³-hybridized carbons (Fsp3) is 0.350. The van der Waals surface area contributed by atoms with Gasteiger partial charge in [0.1, 0.15) is 5.75 Å². The molecule has 1 amide bonds. The number of anilines is 1. The molecule has 152 valence electrons. The quantitative estimate of drug-likeness (QED) is 0.507. The maximum atomic E-state index is 12.7. The minimum absolute atomic E-state index is 0.175. The van der Waals surface area contributed by atoms with Crippen molar-refractivity contribution in [2.24, 2.45) is 0 Å². The number of aromatic nitrogens is 2. The lowest BCUT2D eigenvalue weighted by atomic mass is 10.2. The van der Waals surface area contributed by atoms with Crippen LogP contribution in [0.4, 0.5) is 5.13 Å². The highest BCUT2D eigenvalue weighted by molar-refractivity contribution is 8.01. The lowest BCUT2D eigenvalue weighted by Crippen LogP contribution is -2.31. The molecule has 1 aliphatic rings. The molecular weight excluding hydrogens is 424 g/mol. The molecule has 6 nitrogen and oxygen atoms in total. The summed E-state index contributed by atoms with van der Waals surface area (Å²) in [5.41, 5.74) is 1.14. The average Bonchev–Trinajstić information content (AvgIpc) is 3.52. The second-order valence-electron chi connectivity index (χ2n) is 6.62. The van der Waals surface area contributed by atoms with E-state index < -0.39 is 0 Å². The molecule has 4 rings (SSSR count). The number of carbonyl (C=O) groups is 1. The van der Waals surface area contributed by atoms with Gasteiger partial charge in [0.2, 0.25) is 11.0 Å². The molecule has 1 N–H and O–H groups in total. The number of likely N-dealkylation sites (tertiary alicyclic amines) is 1. The van der Waals surface area contributed by atoms with Crippen molar-refractivity contribution in [1.29, 1.82) is 0 Å². The van der Waals surface area contributed by atoms with E-state index in [9.17, 15) is 4.79 Å². The number of rotatable bonds is 8. The Bertz CT molecular complexity index is 928. The first-order valence-electron chi connectivity index (χ1n) is 9.39. The van der Waals surface area contributed by atoms with Crippen LogP contribution in [0.5, 0.6) is 5.75 Å². The number of ether oxygens (including phenoxy) is 1. The Morgan fingerprint density at radius 3 is 2.93 bits per heavy atom. The molecule has 0 bridgehead atoms. The van der Waals surface area contributed by atoms with Gasteiger partial charge >= 0.3 is 0 Å². The van der Waals surface area contributed by atoms with Gasteiger partial charge in [-0.25, -0.2) is 0 Å². The van der Waals surface area contributed by atoms with E-state index in [1.807, 2.05) is 29.2 Å². The smallest absolute Gasteiger partial charge is 0.233 e.